The van der Waals surface area contributed by atoms with Crippen molar-refractivity contribution in [3.63, 3.8) is 0 Å². The molecule has 0 radical (unpaired) electrons. The molecule has 0 spiro atoms. The maximum Gasteiger partial charge on any atom is 0.127 e. The zero-order valence-corrected chi connectivity index (χ0v) is 13.3. The van der Waals surface area contributed by atoms with Crippen molar-refractivity contribution < 1.29 is 4.39 Å². The van der Waals surface area contributed by atoms with Crippen LogP contribution in [0.5, 0.6) is 0 Å². The van der Waals surface area contributed by atoms with Gasteiger partial charge in [-0.05, 0) is 43.7 Å². The highest BCUT2D eigenvalue weighted by atomic mass is 35.5. The third-order valence-corrected chi connectivity index (χ3v) is 5.78. The lowest BCUT2D eigenvalue weighted by atomic mass is 9.98. The highest BCUT2D eigenvalue weighted by Crippen LogP contribution is 2.39. The topological polar surface area (TPSA) is 12.0 Å². The molecule has 1 aliphatic rings. The van der Waals surface area contributed by atoms with Gasteiger partial charge in [-0.3, -0.25) is 0 Å². The number of benzene rings is 2. The summed E-state index contributed by atoms with van der Waals surface area (Å²) in [4.78, 5) is 1.34. The molecule has 2 aromatic rings. The second-order valence-corrected chi connectivity index (χ2v) is 6.96. The molecular weight excluding hydrogens is 305 g/mol. The molecule has 110 valence electrons. The standard InChI is InChI=1S/C17H17ClFNS/c1-20-15(10-12-13(18)6-4-7-14(12)19)17-9-11-5-2-3-8-16(11)21-17/h2-8,15,17,20H,9-10H2,1H3. The molecule has 0 saturated heterocycles. The van der Waals surface area contributed by atoms with Crippen LogP contribution in [-0.4, -0.2) is 18.3 Å². The zero-order chi connectivity index (χ0) is 14.8. The Labute approximate surface area is 133 Å². The van der Waals surface area contributed by atoms with E-state index in [4.69, 9.17) is 11.6 Å². The number of thioether (sulfide) groups is 1. The zero-order valence-electron chi connectivity index (χ0n) is 11.8. The van der Waals surface area contributed by atoms with Gasteiger partial charge in [0.15, 0.2) is 0 Å². The van der Waals surface area contributed by atoms with E-state index in [1.165, 1.54) is 16.5 Å². The van der Waals surface area contributed by atoms with Gasteiger partial charge >= 0.3 is 0 Å². The fourth-order valence-electron chi connectivity index (χ4n) is 2.80. The molecule has 3 rings (SSSR count). The largest absolute Gasteiger partial charge is 0.316 e. The van der Waals surface area contributed by atoms with Gasteiger partial charge < -0.3 is 5.32 Å². The molecule has 21 heavy (non-hydrogen) atoms. The van der Waals surface area contributed by atoms with Crippen molar-refractivity contribution in [2.45, 2.75) is 29.0 Å². The Kier molecular flexibility index (Phi) is 4.53. The SMILES string of the molecule is CNC(Cc1c(F)cccc1Cl)C1Cc2ccccc2S1. The van der Waals surface area contributed by atoms with Crippen molar-refractivity contribution in [3.05, 3.63) is 64.4 Å². The first-order chi connectivity index (χ1) is 10.2. The van der Waals surface area contributed by atoms with Gasteiger partial charge in [0.05, 0.1) is 0 Å². The summed E-state index contributed by atoms with van der Waals surface area (Å²) in [5.74, 6) is -0.219. The normalized spacial score (nSPS) is 18.5. The van der Waals surface area contributed by atoms with Crippen LogP contribution in [0.3, 0.4) is 0 Å². The van der Waals surface area contributed by atoms with Crippen molar-refractivity contribution in [2.75, 3.05) is 7.05 Å². The summed E-state index contributed by atoms with van der Waals surface area (Å²) >= 11 is 8.02. The highest BCUT2D eigenvalue weighted by molar-refractivity contribution is 8.00. The van der Waals surface area contributed by atoms with E-state index in [0.717, 1.165) is 6.42 Å². The molecule has 0 fully saturated rings. The Bertz CT molecular complexity index is 601. The first-order valence-corrected chi connectivity index (χ1v) is 8.29. The molecule has 0 bridgehead atoms. The minimum Gasteiger partial charge on any atom is -0.316 e. The van der Waals surface area contributed by atoms with Crippen LogP contribution in [0.1, 0.15) is 11.1 Å². The van der Waals surface area contributed by atoms with Gasteiger partial charge in [-0.15, -0.1) is 11.8 Å². The summed E-state index contributed by atoms with van der Waals surface area (Å²) < 4.78 is 14.0. The van der Waals surface area contributed by atoms with Crippen LogP contribution >= 0.6 is 23.4 Å². The fraction of sp³-hybridized carbons (Fsp3) is 0.294. The molecule has 0 aliphatic carbocycles. The van der Waals surface area contributed by atoms with E-state index in [-0.39, 0.29) is 11.9 Å². The molecule has 1 N–H and O–H groups in total. The van der Waals surface area contributed by atoms with Crippen molar-refractivity contribution >= 4 is 23.4 Å². The molecule has 2 atom stereocenters. The van der Waals surface area contributed by atoms with Gasteiger partial charge in [0.1, 0.15) is 5.82 Å². The first-order valence-electron chi connectivity index (χ1n) is 7.03. The quantitative estimate of drug-likeness (QED) is 0.899. The van der Waals surface area contributed by atoms with Gasteiger partial charge in [0.25, 0.3) is 0 Å². The van der Waals surface area contributed by atoms with Crippen LogP contribution in [0.2, 0.25) is 5.02 Å². The van der Waals surface area contributed by atoms with E-state index < -0.39 is 0 Å². The number of fused-ring (bicyclic) bond motifs is 1. The molecule has 0 aromatic heterocycles. The summed E-state index contributed by atoms with van der Waals surface area (Å²) in [5, 5.41) is 4.25. The van der Waals surface area contributed by atoms with Crippen LogP contribution in [-0.2, 0) is 12.8 Å². The number of halogens is 2. The van der Waals surface area contributed by atoms with E-state index in [2.05, 4.69) is 29.6 Å². The Morgan fingerprint density at radius 2 is 2.10 bits per heavy atom. The van der Waals surface area contributed by atoms with Crippen LogP contribution in [0.4, 0.5) is 4.39 Å². The van der Waals surface area contributed by atoms with E-state index in [1.54, 1.807) is 12.1 Å². The van der Waals surface area contributed by atoms with Crippen molar-refractivity contribution in [1.82, 2.24) is 5.32 Å². The number of rotatable bonds is 4. The second-order valence-electron chi connectivity index (χ2n) is 5.27. The summed E-state index contributed by atoms with van der Waals surface area (Å²) in [6.07, 6.45) is 1.62. The first kappa shape index (κ1) is 14.9. The summed E-state index contributed by atoms with van der Waals surface area (Å²) in [6, 6.07) is 13.5. The molecule has 0 amide bonds. The summed E-state index contributed by atoms with van der Waals surface area (Å²) in [7, 11) is 1.93. The lowest BCUT2D eigenvalue weighted by Crippen LogP contribution is -2.37. The number of hydrogen-bond acceptors (Lipinski definition) is 2. The summed E-state index contributed by atoms with van der Waals surface area (Å²) in [5.41, 5.74) is 1.99. The fourth-order valence-corrected chi connectivity index (χ4v) is 4.49. The van der Waals surface area contributed by atoms with Crippen LogP contribution in [0, 0.1) is 5.82 Å². The van der Waals surface area contributed by atoms with E-state index in [1.807, 2.05) is 18.8 Å². The summed E-state index contributed by atoms with van der Waals surface area (Å²) in [6.45, 7) is 0. The monoisotopic (exact) mass is 321 g/mol. The van der Waals surface area contributed by atoms with E-state index >= 15 is 0 Å². The van der Waals surface area contributed by atoms with Crippen LogP contribution in [0.15, 0.2) is 47.4 Å². The minimum absolute atomic E-state index is 0.191. The molecule has 4 heteroatoms. The molecule has 1 nitrogen and oxygen atoms in total. The average Bonchev–Trinajstić information content (AvgIpc) is 2.90. The molecule has 0 saturated carbocycles. The number of likely N-dealkylation sites (N-methyl/N-ethyl adjacent to an activating group) is 1. The third kappa shape index (κ3) is 3.10. The van der Waals surface area contributed by atoms with Crippen molar-refractivity contribution in [2.24, 2.45) is 0 Å². The predicted molar refractivity (Wildman–Crippen MR) is 87.8 cm³/mol. The lowest BCUT2D eigenvalue weighted by molar-refractivity contribution is 0.518. The van der Waals surface area contributed by atoms with Gasteiger partial charge in [0, 0.05) is 26.8 Å². The van der Waals surface area contributed by atoms with Crippen molar-refractivity contribution in [1.29, 1.82) is 0 Å². The van der Waals surface area contributed by atoms with Gasteiger partial charge in [0.2, 0.25) is 0 Å². The smallest absolute Gasteiger partial charge is 0.127 e. The molecular formula is C17H17ClFNS. The van der Waals surface area contributed by atoms with Crippen LogP contribution < -0.4 is 5.32 Å². The van der Waals surface area contributed by atoms with Gasteiger partial charge in [-0.1, -0.05) is 35.9 Å². The predicted octanol–water partition coefficient (Wildman–Crippen LogP) is 4.33. The van der Waals surface area contributed by atoms with E-state index in [9.17, 15) is 4.39 Å². The Hall–Kier alpha value is -1.03. The second kappa shape index (κ2) is 6.39. The molecule has 2 aromatic carbocycles. The van der Waals surface area contributed by atoms with Gasteiger partial charge in [-0.2, -0.15) is 0 Å². The van der Waals surface area contributed by atoms with Gasteiger partial charge in [-0.25, -0.2) is 4.39 Å². The Morgan fingerprint density at radius 1 is 1.29 bits per heavy atom. The third-order valence-electron chi connectivity index (χ3n) is 3.98. The number of hydrogen-bond donors (Lipinski definition) is 1. The Morgan fingerprint density at radius 3 is 2.81 bits per heavy atom. The molecule has 2 unspecified atom stereocenters. The lowest BCUT2D eigenvalue weighted by Gasteiger charge is -2.23. The molecule has 1 aliphatic heterocycles. The van der Waals surface area contributed by atoms with E-state index in [0.29, 0.717) is 22.3 Å². The highest BCUT2D eigenvalue weighted by Gasteiger charge is 2.29. The number of nitrogens with one attached hydrogen (secondary N) is 1. The average molecular weight is 322 g/mol. The minimum atomic E-state index is -0.219. The van der Waals surface area contributed by atoms with Crippen molar-refractivity contribution in [3.8, 4) is 0 Å². The van der Waals surface area contributed by atoms with Crippen LogP contribution in [0.25, 0.3) is 0 Å². The molecule has 1 heterocycles. The maximum atomic E-state index is 14.0. The maximum absolute atomic E-state index is 14.0. The Balaban J connectivity index is 1.78.